The molecule has 138 valence electrons. The van der Waals surface area contributed by atoms with Gasteiger partial charge in [-0.2, -0.15) is 5.10 Å². The predicted molar refractivity (Wildman–Crippen MR) is 105 cm³/mol. The van der Waals surface area contributed by atoms with E-state index in [4.69, 9.17) is 14.7 Å². The molecule has 1 saturated heterocycles. The molecule has 1 aromatic carbocycles. The summed E-state index contributed by atoms with van der Waals surface area (Å²) in [5, 5.41) is 5.49. The van der Waals surface area contributed by atoms with E-state index in [0.717, 1.165) is 54.0 Å². The molecule has 0 radical (unpaired) electrons. The molecule has 3 aromatic heterocycles. The van der Waals surface area contributed by atoms with E-state index in [9.17, 15) is 0 Å². The summed E-state index contributed by atoms with van der Waals surface area (Å²) in [6.07, 6.45) is 5.91. The van der Waals surface area contributed by atoms with Crippen molar-refractivity contribution in [2.75, 3.05) is 13.2 Å². The molecule has 5 rings (SSSR count). The number of hydrogen-bond acceptors (Lipinski definition) is 5. The monoisotopic (exact) mass is 379 g/mol. The maximum absolute atomic E-state index is 5.67. The van der Waals surface area contributed by atoms with Crippen molar-refractivity contribution in [2.45, 2.75) is 32.2 Å². The van der Waals surface area contributed by atoms with Crippen LogP contribution in [0.25, 0.3) is 16.2 Å². The molecule has 0 aliphatic carbocycles. The highest BCUT2D eigenvalue weighted by Gasteiger charge is 2.26. The van der Waals surface area contributed by atoms with Crippen molar-refractivity contribution in [3.63, 3.8) is 0 Å². The van der Waals surface area contributed by atoms with Gasteiger partial charge in [-0.1, -0.05) is 41.7 Å². The molecule has 0 bridgehead atoms. The first-order chi connectivity index (χ1) is 13.3. The third-order valence-electron chi connectivity index (χ3n) is 5.04. The summed E-state index contributed by atoms with van der Waals surface area (Å²) in [4.78, 5) is 10.4. The number of ether oxygens (including phenoxy) is 1. The van der Waals surface area contributed by atoms with Crippen LogP contribution in [0.2, 0.25) is 0 Å². The molecule has 0 saturated carbocycles. The van der Waals surface area contributed by atoms with Crippen LogP contribution in [0.1, 0.15) is 28.7 Å². The highest BCUT2D eigenvalue weighted by molar-refractivity contribution is 7.16. The number of nitrogens with zero attached hydrogens (tertiary/aromatic N) is 5. The number of hydrogen-bond donors (Lipinski definition) is 0. The van der Waals surface area contributed by atoms with E-state index in [2.05, 4.69) is 33.9 Å². The van der Waals surface area contributed by atoms with Gasteiger partial charge in [-0.25, -0.2) is 14.5 Å². The number of imidazole rings is 2. The maximum Gasteiger partial charge on any atom is 0.212 e. The van der Waals surface area contributed by atoms with Crippen molar-refractivity contribution in [2.24, 2.45) is 0 Å². The Morgan fingerprint density at radius 2 is 2.15 bits per heavy atom. The first kappa shape index (κ1) is 16.6. The molecule has 1 aliphatic heterocycles. The van der Waals surface area contributed by atoms with Crippen LogP contribution < -0.4 is 0 Å². The Bertz CT molecular complexity index is 1030. The number of aromatic nitrogens is 5. The van der Waals surface area contributed by atoms with E-state index in [1.807, 2.05) is 30.0 Å². The highest BCUT2D eigenvalue weighted by atomic mass is 32.1. The summed E-state index contributed by atoms with van der Waals surface area (Å²) in [7, 11) is 0. The van der Waals surface area contributed by atoms with E-state index in [1.54, 1.807) is 11.3 Å². The third-order valence-corrected chi connectivity index (χ3v) is 5.88. The number of rotatable bonds is 5. The molecule has 4 heterocycles. The van der Waals surface area contributed by atoms with Crippen LogP contribution in [-0.4, -0.2) is 37.4 Å². The van der Waals surface area contributed by atoms with Crippen molar-refractivity contribution in [3.8, 4) is 11.3 Å². The molecule has 4 aromatic rings. The Morgan fingerprint density at radius 1 is 1.26 bits per heavy atom. The second kappa shape index (κ2) is 6.90. The van der Waals surface area contributed by atoms with Crippen LogP contribution >= 0.6 is 11.3 Å². The van der Waals surface area contributed by atoms with Crippen LogP contribution in [0.4, 0.5) is 0 Å². The largest absolute Gasteiger partial charge is 0.381 e. The molecule has 0 spiro atoms. The zero-order chi connectivity index (χ0) is 18.2. The first-order valence-electron chi connectivity index (χ1n) is 9.28. The van der Waals surface area contributed by atoms with Gasteiger partial charge in [0, 0.05) is 31.1 Å². The van der Waals surface area contributed by atoms with Crippen LogP contribution in [-0.2, 0) is 17.7 Å². The second-order valence-corrected chi connectivity index (χ2v) is 8.09. The Hall–Kier alpha value is -2.51. The Kier molecular flexibility index (Phi) is 4.26. The SMILES string of the molecule is Cc1nn2cc(CCn3cnc(-c4ccccc4)c3[C@@H]3CCOC3)nc2s1. The first-order valence-corrected chi connectivity index (χ1v) is 10.1. The molecule has 0 amide bonds. The molecule has 7 heteroatoms. The van der Waals surface area contributed by atoms with Crippen LogP contribution in [0.15, 0.2) is 42.9 Å². The molecule has 1 aliphatic rings. The summed E-state index contributed by atoms with van der Waals surface area (Å²) >= 11 is 1.62. The Morgan fingerprint density at radius 3 is 2.93 bits per heavy atom. The molecule has 0 unspecified atom stereocenters. The fraction of sp³-hybridized carbons (Fsp3) is 0.350. The van der Waals surface area contributed by atoms with Crippen molar-refractivity contribution >= 4 is 16.3 Å². The topological polar surface area (TPSA) is 57.2 Å². The van der Waals surface area contributed by atoms with Gasteiger partial charge in [-0.3, -0.25) is 0 Å². The lowest BCUT2D eigenvalue weighted by molar-refractivity contribution is 0.193. The lowest BCUT2D eigenvalue weighted by atomic mass is 9.99. The minimum atomic E-state index is 0.400. The van der Waals surface area contributed by atoms with Gasteiger partial charge < -0.3 is 9.30 Å². The number of fused-ring (bicyclic) bond motifs is 1. The van der Waals surface area contributed by atoms with Gasteiger partial charge in [0.1, 0.15) is 5.01 Å². The van der Waals surface area contributed by atoms with Crippen molar-refractivity contribution in [1.82, 2.24) is 24.1 Å². The number of aryl methyl sites for hydroxylation is 3. The molecular weight excluding hydrogens is 358 g/mol. The van der Waals surface area contributed by atoms with Crippen molar-refractivity contribution in [3.05, 3.63) is 59.3 Å². The quantitative estimate of drug-likeness (QED) is 0.530. The maximum atomic E-state index is 5.67. The van der Waals surface area contributed by atoms with E-state index in [1.165, 1.54) is 11.3 Å². The van der Waals surface area contributed by atoms with Crippen LogP contribution in [0.3, 0.4) is 0 Å². The van der Waals surface area contributed by atoms with E-state index >= 15 is 0 Å². The van der Waals surface area contributed by atoms with Crippen LogP contribution in [0, 0.1) is 6.92 Å². The zero-order valence-corrected chi connectivity index (χ0v) is 16.0. The summed E-state index contributed by atoms with van der Waals surface area (Å²) < 4.78 is 9.83. The molecule has 1 atom stereocenters. The molecule has 6 nitrogen and oxygen atoms in total. The normalized spacial score (nSPS) is 17.1. The molecule has 0 N–H and O–H groups in total. The van der Waals surface area contributed by atoms with E-state index in [0.29, 0.717) is 5.92 Å². The molecule has 27 heavy (non-hydrogen) atoms. The minimum Gasteiger partial charge on any atom is -0.381 e. The lowest BCUT2D eigenvalue weighted by Gasteiger charge is -2.14. The van der Waals surface area contributed by atoms with Crippen LogP contribution in [0.5, 0.6) is 0 Å². The van der Waals surface area contributed by atoms with E-state index < -0.39 is 0 Å². The molecule has 1 fully saturated rings. The smallest absolute Gasteiger partial charge is 0.212 e. The Labute approximate surface area is 161 Å². The van der Waals surface area contributed by atoms with Gasteiger partial charge in [0.15, 0.2) is 0 Å². The predicted octanol–water partition coefficient (Wildman–Crippen LogP) is 3.71. The van der Waals surface area contributed by atoms with Gasteiger partial charge in [-0.05, 0) is 13.3 Å². The Balaban J connectivity index is 1.44. The summed E-state index contributed by atoms with van der Waals surface area (Å²) in [6.45, 7) is 4.46. The van der Waals surface area contributed by atoms with Gasteiger partial charge in [0.05, 0.1) is 36.2 Å². The molecular formula is C20H21N5OS. The fourth-order valence-corrected chi connectivity index (χ4v) is 4.51. The summed E-state index contributed by atoms with van der Waals surface area (Å²) in [6, 6.07) is 10.4. The second-order valence-electron chi connectivity index (χ2n) is 6.93. The van der Waals surface area contributed by atoms with Crippen molar-refractivity contribution < 1.29 is 4.74 Å². The average molecular weight is 379 g/mol. The number of benzene rings is 1. The summed E-state index contributed by atoms with van der Waals surface area (Å²) in [5.74, 6) is 0.400. The van der Waals surface area contributed by atoms with Gasteiger partial charge >= 0.3 is 0 Å². The highest BCUT2D eigenvalue weighted by Crippen LogP contribution is 2.33. The minimum absolute atomic E-state index is 0.400. The van der Waals surface area contributed by atoms with E-state index in [-0.39, 0.29) is 0 Å². The van der Waals surface area contributed by atoms with Crippen molar-refractivity contribution in [1.29, 1.82) is 0 Å². The lowest BCUT2D eigenvalue weighted by Crippen LogP contribution is -2.10. The van der Waals surface area contributed by atoms with Gasteiger partial charge in [0.25, 0.3) is 0 Å². The van der Waals surface area contributed by atoms with Gasteiger partial charge in [-0.15, -0.1) is 0 Å². The van der Waals surface area contributed by atoms with Gasteiger partial charge in [0.2, 0.25) is 4.96 Å². The fourth-order valence-electron chi connectivity index (χ4n) is 3.77. The zero-order valence-electron chi connectivity index (χ0n) is 15.2. The standard InChI is InChI=1S/C20H21N5OS/c1-14-23-25-11-17(22-20(25)27-14)7-9-24-13-21-18(15-5-3-2-4-6-15)19(24)16-8-10-26-12-16/h2-6,11,13,16H,7-10,12H2,1H3/t16-/m1/s1. The third kappa shape index (κ3) is 3.17. The summed E-state index contributed by atoms with van der Waals surface area (Å²) in [5.41, 5.74) is 4.60. The average Bonchev–Trinajstić information content (AvgIpc) is 3.43.